The second-order valence-corrected chi connectivity index (χ2v) is 12.4. The van der Waals surface area contributed by atoms with Crippen molar-refractivity contribution in [2.45, 2.75) is 76.2 Å². The lowest BCUT2D eigenvalue weighted by Gasteiger charge is -2.40. The molecule has 1 saturated heterocycles. The molecular weight excluding hydrogens is 494 g/mol. The van der Waals surface area contributed by atoms with Gasteiger partial charge in [0, 0.05) is 31.7 Å². The Morgan fingerprint density at radius 2 is 2.00 bits per heavy atom. The lowest BCUT2D eigenvalue weighted by atomic mass is 9.92. The van der Waals surface area contributed by atoms with Gasteiger partial charge in [0.05, 0.1) is 29.8 Å². The lowest BCUT2D eigenvalue weighted by Crippen LogP contribution is -2.52. The fraction of sp³-hybridized carbons (Fsp3) is 0.583. The van der Waals surface area contributed by atoms with Crippen LogP contribution in [0.4, 0.5) is 13.6 Å². The Bertz CT molecular complexity index is 1260. The zero-order chi connectivity index (χ0) is 26.4. The third-order valence-corrected chi connectivity index (χ3v) is 8.14. The van der Waals surface area contributed by atoms with Crippen molar-refractivity contribution in [2.24, 2.45) is 7.05 Å². The monoisotopic (exact) mass is 526 g/mol. The van der Waals surface area contributed by atoms with Crippen molar-refractivity contribution < 1.29 is 31.5 Å². The molecule has 3 heterocycles. The van der Waals surface area contributed by atoms with Crippen molar-refractivity contribution in [1.82, 2.24) is 19.8 Å². The highest BCUT2D eigenvalue weighted by Gasteiger charge is 2.41. The molecule has 1 fully saturated rings. The van der Waals surface area contributed by atoms with Crippen LogP contribution in [0, 0.1) is 11.6 Å². The highest BCUT2D eigenvalue weighted by molar-refractivity contribution is 7.91. The number of alkyl carbamates (subject to hydrolysis) is 1. The number of benzene rings is 1. The second kappa shape index (κ2) is 9.71. The number of fused-ring (bicyclic) bond motifs is 1. The molecule has 0 saturated carbocycles. The van der Waals surface area contributed by atoms with Gasteiger partial charge >= 0.3 is 6.09 Å². The normalized spacial score (nSPS) is 22.9. The van der Waals surface area contributed by atoms with E-state index in [1.807, 2.05) is 0 Å². The van der Waals surface area contributed by atoms with Crippen LogP contribution in [0.2, 0.25) is 0 Å². The molecule has 2 aliphatic rings. The number of imidazole rings is 1. The summed E-state index contributed by atoms with van der Waals surface area (Å²) < 4.78 is 66.3. The molecule has 0 spiro atoms. The van der Waals surface area contributed by atoms with Crippen LogP contribution in [-0.4, -0.2) is 59.0 Å². The Labute approximate surface area is 209 Å². The maximum Gasteiger partial charge on any atom is 0.407 e. The van der Waals surface area contributed by atoms with Gasteiger partial charge in [-0.15, -0.1) is 0 Å². The predicted octanol–water partition coefficient (Wildman–Crippen LogP) is 3.23. The number of aromatic nitrogens is 2. The molecule has 1 aromatic carbocycles. The maximum atomic E-state index is 14.6. The quantitative estimate of drug-likeness (QED) is 0.638. The summed E-state index contributed by atoms with van der Waals surface area (Å²) in [6, 6.07) is 2.27. The van der Waals surface area contributed by atoms with Crippen LogP contribution in [0.3, 0.4) is 0 Å². The first-order valence-electron chi connectivity index (χ1n) is 11.9. The van der Waals surface area contributed by atoms with Crippen LogP contribution >= 0.6 is 0 Å². The van der Waals surface area contributed by atoms with E-state index in [-0.39, 0.29) is 29.1 Å². The molecule has 198 valence electrons. The van der Waals surface area contributed by atoms with Crippen molar-refractivity contribution in [3.8, 4) is 0 Å². The standard InChI is InChI=1S/C24H32F2N4O5S/c1-6-36(32,33)22-27-19-11-30(12-20(19)29(22)5)15-10-18(28-23(31)35-24(2,3)4)21(34-13-15)16-9-14(25)7-8-17(16)26/h7-9,15,18,21H,6,10-13H2,1-5H3,(H,28,31)/t15-,18+,21-/m1/s1. The van der Waals surface area contributed by atoms with E-state index in [9.17, 15) is 22.0 Å². The van der Waals surface area contributed by atoms with Gasteiger partial charge in [-0.2, -0.15) is 0 Å². The van der Waals surface area contributed by atoms with E-state index in [0.717, 1.165) is 23.9 Å². The highest BCUT2D eigenvalue weighted by atomic mass is 32.2. The summed E-state index contributed by atoms with van der Waals surface area (Å²) in [5.41, 5.74) is 0.768. The van der Waals surface area contributed by atoms with E-state index in [0.29, 0.717) is 25.2 Å². The molecular formula is C24H32F2N4O5S. The highest BCUT2D eigenvalue weighted by Crippen LogP contribution is 2.35. The molecule has 0 radical (unpaired) electrons. The molecule has 1 amide bonds. The fourth-order valence-electron chi connectivity index (χ4n) is 4.70. The minimum atomic E-state index is -3.45. The van der Waals surface area contributed by atoms with E-state index >= 15 is 0 Å². The molecule has 0 unspecified atom stereocenters. The summed E-state index contributed by atoms with van der Waals surface area (Å²) in [5, 5.41) is 2.84. The van der Waals surface area contributed by atoms with Crippen molar-refractivity contribution in [3.05, 3.63) is 46.8 Å². The van der Waals surface area contributed by atoms with Crippen LogP contribution in [0.5, 0.6) is 0 Å². The molecule has 3 atom stereocenters. The van der Waals surface area contributed by atoms with E-state index in [1.165, 1.54) is 0 Å². The zero-order valence-corrected chi connectivity index (χ0v) is 21.9. The average molecular weight is 527 g/mol. The molecule has 1 aromatic heterocycles. The van der Waals surface area contributed by atoms with Gasteiger partial charge in [-0.3, -0.25) is 4.90 Å². The summed E-state index contributed by atoms with van der Waals surface area (Å²) in [7, 11) is -1.77. The van der Waals surface area contributed by atoms with Crippen LogP contribution in [0.15, 0.2) is 23.4 Å². The number of ether oxygens (including phenoxy) is 2. The summed E-state index contributed by atoms with van der Waals surface area (Å²) in [6.45, 7) is 7.85. The minimum Gasteiger partial charge on any atom is -0.444 e. The second-order valence-electron chi connectivity index (χ2n) is 10.2. The van der Waals surface area contributed by atoms with E-state index < -0.39 is 45.3 Å². The first kappa shape index (κ1) is 26.5. The molecule has 0 aliphatic carbocycles. The SMILES string of the molecule is CCS(=O)(=O)c1nc2c(n1C)CN([C@H]1CO[C@H](c3cc(F)ccc3F)[C@@H](NC(=O)OC(C)(C)C)C1)C2. The van der Waals surface area contributed by atoms with Gasteiger partial charge in [0.1, 0.15) is 23.3 Å². The van der Waals surface area contributed by atoms with Crippen molar-refractivity contribution in [3.63, 3.8) is 0 Å². The first-order valence-corrected chi connectivity index (χ1v) is 13.5. The van der Waals surface area contributed by atoms with Crippen molar-refractivity contribution in [1.29, 1.82) is 0 Å². The number of rotatable bonds is 5. The Morgan fingerprint density at radius 1 is 1.28 bits per heavy atom. The fourth-order valence-corrected chi connectivity index (χ4v) is 5.73. The van der Waals surface area contributed by atoms with E-state index in [4.69, 9.17) is 9.47 Å². The molecule has 1 N–H and O–H groups in total. The molecule has 36 heavy (non-hydrogen) atoms. The van der Waals surface area contributed by atoms with Crippen LogP contribution < -0.4 is 5.32 Å². The first-order chi connectivity index (χ1) is 16.8. The summed E-state index contributed by atoms with van der Waals surface area (Å²) in [5.74, 6) is -1.27. The molecule has 0 bridgehead atoms. The minimum absolute atomic E-state index is 0.0234. The molecule has 9 nitrogen and oxygen atoms in total. The van der Waals surface area contributed by atoms with Gasteiger partial charge in [-0.1, -0.05) is 6.92 Å². The van der Waals surface area contributed by atoms with Crippen molar-refractivity contribution in [2.75, 3.05) is 12.4 Å². The number of carbonyl (C=O) groups excluding carboxylic acids is 1. The smallest absolute Gasteiger partial charge is 0.407 e. The maximum absolute atomic E-state index is 14.6. The van der Waals surface area contributed by atoms with Gasteiger partial charge < -0.3 is 19.4 Å². The Balaban J connectivity index is 1.55. The van der Waals surface area contributed by atoms with Gasteiger partial charge in [-0.25, -0.2) is 27.0 Å². The number of hydrogen-bond acceptors (Lipinski definition) is 7. The number of hydrogen-bond donors (Lipinski definition) is 1. The molecule has 2 aromatic rings. The third-order valence-electron chi connectivity index (χ3n) is 6.46. The third kappa shape index (κ3) is 5.40. The summed E-state index contributed by atoms with van der Waals surface area (Å²) in [4.78, 5) is 19.1. The van der Waals surface area contributed by atoms with Crippen LogP contribution in [0.1, 0.15) is 57.2 Å². The van der Waals surface area contributed by atoms with Gasteiger partial charge in [-0.05, 0) is 45.4 Å². The molecule has 12 heteroatoms. The largest absolute Gasteiger partial charge is 0.444 e. The topological polar surface area (TPSA) is 103 Å². The number of halogens is 2. The zero-order valence-electron chi connectivity index (χ0n) is 21.0. The van der Waals surface area contributed by atoms with Gasteiger partial charge in [0.15, 0.2) is 0 Å². The van der Waals surface area contributed by atoms with E-state index in [1.54, 1.807) is 39.3 Å². The van der Waals surface area contributed by atoms with Crippen LogP contribution in [0.25, 0.3) is 0 Å². The molecule has 2 aliphatic heterocycles. The molecule has 4 rings (SSSR count). The van der Waals surface area contributed by atoms with E-state index in [2.05, 4.69) is 15.2 Å². The van der Waals surface area contributed by atoms with Gasteiger partial charge in [0.25, 0.3) is 0 Å². The van der Waals surface area contributed by atoms with Crippen molar-refractivity contribution >= 4 is 15.9 Å². The number of nitrogens with one attached hydrogen (secondary N) is 1. The lowest BCUT2D eigenvalue weighted by molar-refractivity contribution is -0.0631. The Hall–Kier alpha value is -2.57. The Morgan fingerprint density at radius 3 is 2.64 bits per heavy atom. The predicted molar refractivity (Wildman–Crippen MR) is 127 cm³/mol. The number of amides is 1. The summed E-state index contributed by atoms with van der Waals surface area (Å²) in [6.07, 6.45) is -1.21. The van der Waals surface area contributed by atoms with Gasteiger partial charge in [0.2, 0.25) is 15.0 Å². The van der Waals surface area contributed by atoms with Crippen LogP contribution in [-0.2, 0) is 39.4 Å². The number of sulfone groups is 1. The number of nitrogens with zero attached hydrogens (tertiary/aromatic N) is 3. The average Bonchev–Trinajstić information content (AvgIpc) is 3.34. The summed E-state index contributed by atoms with van der Waals surface area (Å²) >= 11 is 0. The number of carbonyl (C=O) groups is 1. The Kier molecular flexibility index (Phi) is 7.15.